The molecular formula is C14H20FN3O2. The molecule has 0 fully saturated rings. The Kier molecular flexibility index (Phi) is 6.11. The number of carbonyl (C=O) groups excluding carboxylic acids is 2. The number of likely N-dealkylation sites (N-methyl/N-ethyl adjacent to an activating group) is 1. The van der Waals surface area contributed by atoms with Crippen LogP contribution in [0.25, 0.3) is 0 Å². The number of anilines is 1. The molecule has 0 radical (unpaired) electrons. The van der Waals surface area contributed by atoms with Crippen LogP contribution in [0, 0.1) is 5.82 Å². The smallest absolute Gasteiger partial charge is 0.251 e. The van der Waals surface area contributed by atoms with Crippen LogP contribution in [-0.4, -0.2) is 30.9 Å². The van der Waals surface area contributed by atoms with Crippen LogP contribution in [0.3, 0.4) is 0 Å². The van der Waals surface area contributed by atoms with Gasteiger partial charge in [0.1, 0.15) is 5.82 Å². The molecule has 0 aliphatic heterocycles. The topological polar surface area (TPSA) is 70.2 Å². The molecule has 2 amide bonds. The quantitative estimate of drug-likeness (QED) is 0.740. The number of hydrogen-bond acceptors (Lipinski definition) is 3. The lowest BCUT2D eigenvalue weighted by Crippen LogP contribution is -2.38. The van der Waals surface area contributed by atoms with Crippen molar-refractivity contribution in [1.82, 2.24) is 10.6 Å². The van der Waals surface area contributed by atoms with Gasteiger partial charge in [-0.1, -0.05) is 6.92 Å². The van der Waals surface area contributed by atoms with Crippen LogP contribution in [0.2, 0.25) is 0 Å². The van der Waals surface area contributed by atoms with Crippen molar-refractivity contribution < 1.29 is 14.0 Å². The Morgan fingerprint density at radius 1 is 1.35 bits per heavy atom. The molecule has 20 heavy (non-hydrogen) atoms. The van der Waals surface area contributed by atoms with Gasteiger partial charge in [-0.15, -0.1) is 0 Å². The summed E-state index contributed by atoms with van der Waals surface area (Å²) in [6.07, 6.45) is 0. The predicted molar refractivity (Wildman–Crippen MR) is 76.2 cm³/mol. The van der Waals surface area contributed by atoms with E-state index in [0.717, 1.165) is 12.6 Å². The van der Waals surface area contributed by atoms with Crippen molar-refractivity contribution in [2.75, 3.05) is 18.4 Å². The van der Waals surface area contributed by atoms with Crippen LogP contribution >= 0.6 is 0 Å². The van der Waals surface area contributed by atoms with Crippen molar-refractivity contribution in [3.63, 3.8) is 0 Å². The molecule has 1 aromatic rings. The van der Waals surface area contributed by atoms with Gasteiger partial charge >= 0.3 is 0 Å². The Bertz CT molecular complexity index is 491. The molecule has 110 valence electrons. The average Bonchev–Trinajstić information content (AvgIpc) is 2.38. The van der Waals surface area contributed by atoms with Crippen molar-refractivity contribution >= 4 is 17.5 Å². The van der Waals surface area contributed by atoms with Gasteiger partial charge in [-0.05, 0) is 31.7 Å². The van der Waals surface area contributed by atoms with Gasteiger partial charge in [0.15, 0.2) is 0 Å². The molecule has 3 N–H and O–H groups in total. The summed E-state index contributed by atoms with van der Waals surface area (Å²) in [5.74, 6) is -1.26. The number of amides is 2. The summed E-state index contributed by atoms with van der Waals surface area (Å²) in [6, 6.07) is 4.02. The second-order valence-electron chi connectivity index (χ2n) is 4.54. The molecular weight excluding hydrogens is 261 g/mol. The molecule has 1 atom stereocenters. The van der Waals surface area contributed by atoms with Crippen LogP contribution in [0.1, 0.15) is 31.1 Å². The standard InChI is InChI=1S/C14H20FN3O2/c1-4-16-9(2)8-17-14(20)11-5-6-12(15)13(7-11)18-10(3)19/h5-7,9,16H,4,8H2,1-3H3,(H,17,20)(H,18,19)/t9-/m1/s1. The van der Waals surface area contributed by atoms with Gasteiger partial charge in [0.2, 0.25) is 5.91 Å². The molecule has 0 aliphatic carbocycles. The zero-order valence-electron chi connectivity index (χ0n) is 11.9. The normalized spacial score (nSPS) is 11.8. The Morgan fingerprint density at radius 2 is 2.05 bits per heavy atom. The summed E-state index contributed by atoms with van der Waals surface area (Å²) in [5.41, 5.74) is 0.309. The van der Waals surface area contributed by atoms with Crippen molar-refractivity contribution in [2.24, 2.45) is 0 Å². The minimum atomic E-state index is -0.572. The third kappa shape index (κ3) is 4.97. The molecule has 1 aromatic carbocycles. The minimum Gasteiger partial charge on any atom is -0.350 e. The lowest BCUT2D eigenvalue weighted by molar-refractivity contribution is -0.114. The first kappa shape index (κ1) is 16.1. The van der Waals surface area contributed by atoms with E-state index in [0.29, 0.717) is 12.1 Å². The van der Waals surface area contributed by atoms with Crippen LogP contribution in [0.15, 0.2) is 18.2 Å². The Hall–Kier alpha value is -1.95. The highest BCUT2D eigenvalue weighted by molar-refractivity contribution is 5.96. The number of hydrogen-bond donors (Lipinski definition) is 3. The number of benzene rings is 1. The Labute approximate surface area is 117 Å². The van der Waals surface area contributed by atoms with Crippen molar-refractivity contribution in [2.45, 2.75) is 26.8 Å². The molecule has 0 aliphatic rings. The van der Waals surface area contributed by atoms with Crippen molar-refractivity contribution in [1.29, 1.82) is 0 Å². The van der Waals surface area contributed by atoms with Gasteiger partial charge in [0, 0.05) is 25.1 Å². The molecule has 0 aromatic heterocycles. The zero-order valence-corrected chi connectivity index (χ0v) is 11.9. The van der Waals surface area contributed by atoms with E-state index in [-0.39, 0.29) is 23.5 Å². The van der Waals surface area contributed by atoms with E-state index in [1.807, 2.05) is 13.8 Å². The first-order chi connectivity index (χ1) is 9.43. The maximum atomic E-state index is 13.5. The molecule has 5 nitrogen and oxygen atoms in total. The van der Waals surface area contributed by atoms with E-state index in [9.17, 15) is 14.0 Å². The monoisotopic (exact) mass is 281 g/mol. The maximum absolute atomic E-state index is 13.5. The van der Waals surface area contributed by atoms with E-state index in [1.54, 1.807) is 0 Å². The average molecular weight is 281 g/mol. The summed E-state index contributed by atoms with van der Waals surface area (Å²) in [5, 5.41) is 8.26. The van der Waals surface area contributed by atoms with Gasteiger partial charge in [0.05, 0.1) is 5.69 Å². The molecule has 0 saturated heterocycles. The van der Waals surface area contributed by atoms with E-state index in [4.69, 9.17) is 0 Å². The highest BCUT2D eigenvalue weighted by Gasteiger charge is 2.11. The lowest BCUT2D eigenvalue weighted by atomic mass is 10.1. The number of nitrogens with one attached hydrogen (secondary N) is 3. The SMILES string of the molecule is CCN[C@H](C)CNC(=O)c1ccc(F)c(NC(C)=O)c1. The molecule has 1 rings (SSSR count). The Morgan fingerprint density at radius 3 is 2.65 bits per heavy atom. The van der Waals surface area contributed by atoms with Crippen LogP contribution < -0.4 is 16.0 Å². The van der Waals surface area contributed by atoms with Gasteiger partial charge in [-0.2, -0.15) is 0 Å². The zero-order chi connectivity index (χ0) is 15.1. The van der Waals surface area contributed by atoms with E-state index in [1.165, 1.54) is 19.1 Å². The fraction of sp³-hybridized carbons (Fsp3) is 0.429. The maximum Gasteiger partial charge on any atom is 0.251 e. The summed E-state index contributed by atoms with van der Waals surface area (Å²) in [4.78, 5) is 22.9. The first-order valence-electron chi connectivity index (χ1n) is 6.52. The van der Waals surface area contributed by atoms with Crippen LogP contribution in [0.4, 0.5) is 10.1 Å². The second-order valence-corrected chi connectivity index (χ2v) is 4.54. The summed E-state index contributed by atoms with van der Waals surface area (Å²) >= 11 is 0. The van der Waals surface area contributed by atoms with Gasteiger partial charge in [0.25, 0.3) is 5.91 Å². The van der Waals surface area contributed by atoms with Crippen molar-refractivity contribution in [3.05, 3.63) is 29.6 Å². The summed E-state index contributed by atoms with van der Waals surface area (Å²) in [7, 11) is 0. The molecule has 0 saturated carbocycles. The first-order valence-corrected chi connectivity index (χ1v) is 6.52. The summed E-state index contributed by atoms with van der Waals surface area (Å²) in [6.45, 7) is 6.51. The largest absolute Gasteiger partial charge is 0.350 e. The van der Waals surface area contributed by atoms with E-state index >= 15 is 0 Å². The third-order valence-corrected chi connectivity index (χ3v) is 2.66. The summed E-state index contributed by atoms with van der Waals surface area (Å²) < 4.78 is 13.5. The fourth-order valence-corrected chi connectivity index (χ4v) is 1.72. The number of rotatable bonds is 6. The molecule has 0 heterocycles. The van der Waals surface area contributed by atoms with Gasteiger partial charge < -0.3 is 16.0 Å². The molecule has 0 unspecified atom stereocenters. The molecule has 0 spiro atoms. The lowest BCUT2D eigenvalue weighted by Gasteiger charge is -2.13. The highest BCUT2D eigenvalue weighted by atomic mass is 19.1. The van der Waals surface area contributed by atoms with Gasteiger partial charge in [-0.3, -0.25) is 9.59 Å². The molecule has 6 heteroatoms. The fourth-order valence-electron chi connectivity index (χ4n) is 1.72. The minimum absolute atomic E-state index is 0.00452. The van der Waals surface area contributed by atoms with E-state index in [2.05, 4.69) is 16.0 Å². The van der Waals surface area contributed by atoms with Crippen LogP contribution in [-0.2, 0) is 4.79 Å². The van der Waals surface area contributed by atoms with E-state index < -0.39 is 5.82 Å². The number of halogens is 1. The number of carbonyl (C=O) groups is 2. The third-order valence-electron chi connectivity index (χ3n) is 2.66. The molecule has 0 bridgehead atoms. The van der Waals surface area contributed by atoms with Gasteiger partial charge in [-0.25, -0.2) is 4.39 Å². The Balaban J connectivity index is 2.71. The predicted octanol–water partition coefficient (Wildman–Crippen LogP) is 1.51. The highest BCUT2D eigenvalue weighted by Crippen LogP contribution is 2.16. The second kappa shape index (κ2) is 7.59. The van der Waals surface area contributed by atoms with Crippen LogP contribution in [0.5, 0.6) is 0 Å². The van der Waals surface area contributed by atoms with Crippen molar-refractivity contribution in [3.8, 4) is 0 Å².